The maximum Gasteiger partial charge on any atom is 0.135 e. The third-order valence-electron chi connectivity index (χ3n) is 2.61. The van der Waals surface area contributed by atoms with Crippen molar-refractivity contribution >= 4 is 23.0 Å². The van der Waals surface area contributed by atoms with E-state index >= 15 is 0 Å². The highest BCUT2D eigenvalue weighted by atomic mass is 32.1. The molecule has 0 saturated heterocycles. The maximum atomic E-state index is 4.46. The molecule has 2 N–H and O–H groups in total. The smallest absolute Gasteiger partial charge is 0.135 e. The Labute approximate surface area is 111 Å². The fourth-order valence-electron chi connectivity index (χ4n) is 1.72. The molecular weight excluding hydrogens is 244 g/mol. The SMILES string of the molecule is CCNc1nc(C)nc(NCc2cccs2)c1C. The van der Waals surface area contributed by atoms with Gasteiger partial charge in [0.2, 0.25) is 0 Å². The first-order valence-electron chi connectivity index (χ1n) is 6.06. The van der Waals surface area contributed by atoms with Crippen LogP contribution in [0.3, 0.4) is 0 Å². The monoisotopic (exact) mass is 262 g/mol. The van der Waals surface area contributed by atoms with Gasteiger partial charge in [0.15, 0.2) is 0 Å². The minimum atomic E-state index is 0.783. The summed E-state index contributed by atoms with van der Waals surface area (Å²) in [4.78, 5) is 10.2. The number of nitrogens with zero attached hydrogens (tertiary/aromatic N) is 2. The number of anilines is 2. The Morgan fingerprint density at radius 3 is 2.50 bits per heavy atom. The topological polar surface area (TPSA) is 49.8 Å². The van der Waals surface area contributed by atoms with Gasteiger partial charge in [-0.25, -0.2) is 9.97 Å². The van der Waals surface area contributed by atoms with Crippen LogP contribution in [-0.4, -0.2) is 16.5 Å². The molecule has 0 radical (unpaired) electrons. The molecule has 0 atom stereocenters. The van der Waals surface area contributed by atoms with Crippen LogP contribution in [0.1, 0.15) is 23.2 Å². The van der Waals surface area contributed by atoms with Crippen LogP contribution in [0.4, 0.5) is 11.6 Å². The van der Waals surface area contributed by atoms with Gasteiger partial charge in [-0.2, -0.15) is 0 Å². The molecule has 2 heterocycles. The molecule has 0 bridgehead atoms. The average Bonchev–Trinajstić information content (AvgIpc) is 2.85. The van der Waals surface area contributed by atoms with E-state index in [1.807, 2.05) is 13.8 Å². The molecule has 0 fully saturated rings. The number of thiophene rings is 1. The van der Waals surface area contributed by atoms with Crippen molar-refractivity contribution in [3.63, 3.8) is 0 Å². The van der Waals surface area contributed by atoms with Gasteiger partial charge in [0, 0.05) is 17.0 Å². The van der Waals surface area contributed by atoms with Gasteiger partial charge >= 0.3 is 0 Å². The van der Waals surface area contributed by atoms with Crippen LogP contribution in [0.15, 0.2) is 17.5 Å². The van der Waals surface area contributed by atoms with Crippen molar-refractivity contribution in [1.29, 1.82) is 0 Å². The molecule has 0 amide bonds. The van der Waals surface area contributed by atoms with Crippen LogP contribution in [-0.2, 0) is 6.54 Å². The number of aryl methyl sites for hydroxylation is 1. The van der Waals surface area contributed by atoms with Crippen molar-refractivity contribution in [2.24, 2.45) is 0 Å². The van der Waals surface area contributed by atoms with Crippen LogP contribution >= 0.6 is 11.3 Å². The van der Waals surface area contributed by atoms with Gasteiger partial charge in [0.05, 0.1) is 6.54 Å². The summed E-state index contributed by atoms with van der Waals surface area (Å²) >= 11 is 1.75. The van der Waals surface area contributed by atoms with E-state index in [0.29, 0.717) is 0 Å². The Kier molecular flexibility index (Phi) is 4.15. The second-order valence-corrected chi connectivity index (χ2v) is 5.09. The van der Waals surface area contributed by atoms with E-state index in [1.54, 1.807) is 11.3 Å². The molecule has 4 nitrogen and oxygen atoms in total. The first kappa shape index (κ1) is 12.8. The molecule has 2 aromatic heterocycles. The van der Waals surface area contributed by atoms with Crippen molar-refractivity contribution in [2.75, 3.05) is 17.2 Å². The zero-order valence-corrected chi connectivity index (χ0v) is 11.8. The maximum absolute atomic E-state index is 4.46. The van der Waals surface area contributed by atoms with Gasteiger partial charge in [0.1, 0.15) is 17.5 Å². The summed E-state index contributed by atoms with van der Waals surface area (Å²) in [6.07, 6.45) is 0. The number of hydrogen-bond acceptors (Lipinski definition) is 5. The van der Waals surface area contributed by atoms with E-state index in [0.717, 1.165) is 36.1 Å². The zero-order chi connectivity index (χ0) is 13.0. The van der Waals surface area contributed by atoms with Crippen LogP contribution < -0.4 is 10.6 Å². The van der Waals surface area contributed by atoms with E-state index < -0.39 is 0 Å². The highest BCUT2D eigenvalue weighted by Gasteiger charge is 2.08. The number of nitrogens with one attached hydrogen (secondary N) is 2. The number of rotatable bonds is 5. The predicted octanol–water partition coefficient (Wildman–Crippen LogP) is 3.20. The van der Waals surface area contributed by atoms with Crippen LogP contribution in [0.2, 0.25) is 0 Å². The molecule has 0 saturated carbocycles. The molecular formula is C13H18N4S. The Morgan fingerprint density at radius 2 is 1.89 bits per heavy atom. The second-order valence-electron chi connectivity index (χ2n) is 4.06. The van der Waals surface area contributed by atoms with E-state index in [4.69, 9.17) is 0 Å². The van der Waals surface area contributed by atoms with Gasteiger partial charge in [-0.1, -0.05) is 6.07 Å². The summed E-state index contributed by atoms with van der Waals surface area (Å²) in [6, 6.07) is 4.18. The fourth-order valence-corrected chi connectivity index (χ4v) is 2.37. The van der Waals surface area contributed by atoms with Crippen molar-refractivity contribution in [3.8, 4) is 0 Å². The Balaban J connectivity index is 2.16. The largest absolute Gasteiger partial charge is 0.370 e. The minimum Gasteiger partial charge on any atom is -0.370 e. The molecule has 18 heavy (non-hydrogen) atoms. The number of hydrogen-bond donors (Lipinski definition) is 2. The molecule has 0 spiro atoms. The van der Waals surface area contributed by atoms with Crippen LogP contribution in [0.25, 0.3) is 0 Å². The quantitative estimate of drug-likeness (QED) is 0.869. The lowest BCUT2D eigenvalue weighted by Crippen LogP contribution is -2.09. The lowest BCUT2D eigenvalue weighted by Gasteiger charge is -2.13. The summed E-state index contributed by atoms with van der Waals surface area (Å²) in [7, 11) is 0. The molecule has 0 aliphatic carbocycles. The van der Waals surface area contributed by atoms with Crippen molar-refractivity contribution in [3.05, 3.63) is 33.8 Å². The Morgan fingerprint density at radius 1 is 1.17 bits per heavy atom. The van der Waals surface area contributed by atoms with E-state index in [1.165, 1.54) is 4.88 Å². The van der Waals surface area contributed by atoms with E-state index in [9.17, 15) is 0 Å². The summed E-state index contributed by atoms with van der Waals surface area (Å²) in [5.74, 6) is 2.61. The normalized spacial score (nSPS) is 10.4. The van der Waals surface area contributed by atoms with Crippen molar-refractivity contribution in [1.82, 2.24) is 9.97 Å². The van der Waals surface area contributed by atoms with Gasteiger partial charge < -0.3 is 10.6 Å². The van der Waals surface area contributed by atoms with Crippen LogP contribution in [0.5, 0.6) is 0 Å². The fraction of sp³-hybridized carbons (Fsp3) is 0.385. The van der Waals surface area contributed by atoms with Crippen molar-refractivity contribution < 1.29 is 0 Å². The minimum absolute atomic E-state index is 0.783. The Hall–Kier alpha value is -1.62. The van der Waals surface area contributed by atoms with Crippen LogP contribution in [0, 0.1) is 13.8 Å². The predicted molar refractivity (Wildman–Crippen MR) is 77.3 cm³/mol. The first-order valence-corrected chi connectivity index (χ1v) is 6.94. The molecule has 2 rings (SSSR count). The molecule has 96 valence electrons. The van der Waals surface area contributed by atoms with Gasteiger partial charge in [0.25, 0.3) is 0 Å². The summed E-state index contributed by atoms with van der Waals surface area (Å²) < 4.78 is 0. The number of aromatic nitrogens is 2. The lowest BCUT2D eigenvalue weighted by molar-refractivity contribution is 0.997. The second kappa shape index (κ2) is 5.82. The summed E-state index contributed by atoms with van der Waals surface area (Å²) in [5, 5.41) is 8.72. The molecule has 0 aliphatic rings. The van der Waals surface area contributed by atoms with Gasteiger partial charge in [-0.15, -0.1) is 11.3 Å². The summed E-state index contributed by atoms with van der Waals surface area (Å²) in [6.45, 7) is 7.68. The zero-order valence-electron chi connectivity index (χ0n) is 10.9. The highest BCUT2D eigenvalue weighted by Crippen LogP contribution is 2.21. The summed E-state index contributed by atoms with van der Waals surface area (Å²) in [5.41, 5.74) is 1.07. The van der Waals surface area contributed by atoms with Gasteiger partial charge in [-0.05, 0) is 32.2 Å². The molecule has 2 aromatic rings. The molecule has 0 aliphatic heterocycles. The lowest BCUT2D eigenvalue weighted by atomic mass is 10.3. The molecule has 0 unspecified atom stereocenters. The Bertz CT molecular complexity index is 508. The first-order chi connectivity index (χ1) is 8.70. The van der Waals surface area contributed by atoms with Crippen molar-refractivity contribution in [2.45, 2.75) is 27.3 Å². The van der Waals surface area contributed by atoms with E-state index in [-0.39, 0.29) is 0 Å². The van der Waals surface area contributed by atoms with Gasteiger partial charge in [-0.3, -0.25) is 0 Å². The highest BCUT2D eigenvalue weighted by molar-refractivity contribution is 7.09. The average molecular weight is 262 g/mol. The third kappa shape index (κ3) is 2.98. The van der Waals surface area contributed by atoms with E-state index in [2.05, 4.69) is 45.0 Å². The standard InChI is InChI=1S/C13H18N4S/c1-4-14-12-9(2)13(17-10(3)16-12)15-8-11-6-5-7-18-11/h5-7H,4,8H2,1-3H3,(H2,14,15,16,17). The third-order valence-corrected chi connectivity index (χ3v) is 3.49. The molecule has 5 heteroatoms. The molecule has 0 aromatic carbocycles.